The Hall–Kier alpha value is -1.79. The van der Waals surface area contributed by atoms with Crippen LogP contribution in [0.2, 0.25) is 0 Å². The molecule has 2 unspecified atom stereocenters. The Labute approximate surface area is 118 Å². The normalized spacial score (nSPS) is 25.0. The average molecular weight is 286 g/mol. The predicted octanol–water partition coefficient (Wildman–Crippen LogP) is 1.16. The van der Waals surface area contributed by atoms with E-state index in [-0.39, 0.29) is 12.2 Å². The summed E-state index contributed by atoms with van der Waals surface area (Å²) in [4.78, 5) is 17.2. The minimum absolute atomic E-state index is 0.0246. The maximum Gasteiger partial charge on any atom is 0.410 e. The molecule has 4 N–H and O–H groups in total. The zero-order valence-corrected chi connectivity index (χ0v) is 12.2. The second-order valence-corrected chi connectivity index (χ2v) is 5.74. The molecule has 1 fully saturated rings. The summed E-state index contributed by atoms with van der Waals surface area (Å²) in [6.45, 7) is 5.71. The third kappa shape index (κ3) is 5.07. The lowest BCUT2D eigenvalue weighted by Gasteiger charge is -2.34. The summed E-state index contributed by atoms with van der Waals surface area (Å²) >= 11 is 0. The van der Waals surface area contributed by atoms with Crippen molar-refractivity contribution in [2.24, 2.45) is 16.5 Å². The molecule has 0 saturated carbocycles. The van der Waals surface area contributed by atoms with E-state index in [1.54, 1.807) is 20.8 Å². The molecular weight excluding hydrogens is 263 g/mol. The van der Waals surface area contributed by atoms with Crippen molar-refractivity contribution in [2.45, 2.75) is 45.0 Å². The lowest BCUT2D eigenvalue weighted by Crippen LogP contribution is -2.48. The van der Waals surface area contributed by atoms with Crippen LogP contribution in [0.1, 0.15) is 27.2 Å². The Morgan fingerprint density at radius 2 is 2.15 bits per heavy atom. The summed E-state index contributed by atoms with van der Waals surface area (Å²) in [5.41, 5.74) is 10.4. The van der Waals surface area contributed by atoms with Gasteiger partial charge in [-0.25, -0.2) is 9.18 Å². The molecule has 0 radical (unpaired) electrons. The molecule has 1 heterocycles. The van der Waals surface area contributed by atoms with Gasteiger partial charge in [0.15, 0.2) is 0 Å². The highest BCUT2D eigenvalue weighted by Gasteiger charge is 2.33. The van der Waals surface area contributed by atoms with Crippen LogP contribution in [0.4, 0.5) is 9.18 Å². The van der Waals surface area contributed by atoms with Crippen molar-refractivity contribution >= 4 is 12.3 Å². The third-order valence-electron chi connectivity index (χ3n) is 2.77. The van der Waals surface area contributed by atoms with Crippen LogP contribution in [0.3, 0.4) is 0 Å². The SMILES string of the molecule is CC(C)(C)OC(=O)N1CCC(N=C/C(N)=C\N)C(F)C1. The second-order valence-electron chi connectivity index (χ2n) is 5.74. The van der Waals surface area contributed by atoms with E-state index >= 15 is 0 Å². The molecule has 0 bridgehead atoms. The highest BCUT2D eigenvalue weighted by Crippen LogP contribution is 2.19. The van der Waals surface area contributed by atoms with Crippen LogP contribution in [0.15, 0.2) is 16.9 Å². The van der Waals surface area contributed by atoms with Gasteiger partial charge in [0.1, 0.15) is 11.8 Å². The van der Waals surface area contributed by atoms with Crippen LogP contribution in [0.5, 0.6) is 0 Å². The molecule has 0 aliphatic carbocycles. The second kappa shape index (κ2) is 6.58. The summed E-state index contributed by atoms with van der Waals surface area (Å²) in [6, 6.07) is -0.507. The van der Waals surface area contributed by atoms with Gasteiger partial charge < -0.3 is 21.1 Å². The Bertz CT molecular complexity index is 404. The van der Waals surface area contributed by atoms with E-state index in [2.05, 4.69) is 4.99 Å². The van der Waals surface area contributed by atoms with Crippen LogP contribution >= 0.6 is 0 Å². The maximum absolute atomic E-state index is 14.0. The zero-order chi connectivity index (χ0) is 15.3. The van der Waals surface area contributed by atoms with Crippen molar-refractivity contribution in [3.63, 3.8) is 0 Å². The number of aliphatic imine (C=N–C) groups is 1. The van der Waals surface area contributed by atoms with Crippen LogP contribution < -0.4 is 11.5 Å². The molecule has 114 valence electrons. The Kier molecular flexibility index (Phi) is 5.35. The number of likely N-dealkylation sites (tertiary alicyclic amines) is 1. The minimum Gasteiger partial charge on any atom is -0.444 e. The number of alkyl halides is 1. The number of piperidine rings is 1. The first kappa shape index (κ1) is 16.3. The molecule has 2 atom stereocenters. The van der Waals surface area contributed by atoms with E-state index in [1.807, 2.05) is 0 Å². The number of amides is 1. The van der Waals surface area contributed by atoms with E-state index in [4.69, 9.17) is 16.2 Å². The van der Waals surface area contributed by atoms with Gasteiger partial charge >= 0.3 is 6.09 Å². The van der Waals surface area contributed by atoms with Gasteiger partial charge in [-0.3, -0.25) is 4.99 Å². The molecule has 1 saturated heterocycles. The molecular formula is C13H23FN4O2. The fourth-order valence-corrected chi connectivity index (χ4v) is 1.78. The van der Waals surface area contributed by atoms with Gasteiger partial charge in [0.25, 0.3) is 0 Å². The molecule has 0 aromatic carbocycles. The van der Waals surface area contributed by atoms with Gasteiger partial charge in [-0.1, -0.05) is 0 Å². The first-order valence-corrected chi connectivity index (χ1v) is 6.55. The van der Waals surface area contributed by atoms with Crippen molar-refractivity contribution in [3.05, 3.63) is 11.9 Å². The van der Waals surface area contributed by atoms with Gasteiger partial charge in [0, 0.05) is 19.0 Å². The number of hydrogen-bond acceptors (Lipinski definition) is 5. The van der Waals surface area contributed by atoms with Crippen molar-refractivity contribution < 1.29 is 13.9 Å². The molecule has 6 nitrogen and oxygen atoms in total. The fraction of sp³-hybridized carbons (Fsp3) is 0.692. The molecule has 1 aliphatic heterocycles. The smallest absolute Gasteiger partial charge is 0.410 e. The number of hydrogen-bond donors (Lipinski definition) is 2. The summed E-state index contributed by atoms with van der Waals surface area (Å²) in [7, 11) is 0. The average Bonchev–Trinajstić information content (AvgIpc) is 2.34. The summed E-state index contributed by atoms with van der Waals surface area (Å²) in [5, 5.41) is 0. The van der Waals surface area contributed by atoms with E-state index in [0.29, 0.717) is 13.0 Å². The Morgan fingerprint density at radius 1 is 1.50 bits per heavy atom. The molecule has 0 aromatic rings. The topological polar surface area (TPSA) is 93.9 Å². The first-order valence-electron chi connectivity index (χ1n) is 6.55. The van der Waals surface area contributed by atoms with E-state index in [0.717, 1.165) is 0 Å². The summed E-state index contributed by atoms with van der Waals surface area (Å²) in [6.07, 6.45) is 1.24. The molecule has 0 spiro atoms. The number of nitrogens with zero attached hydrogens (tertiary/aromatic N) is 2. The van der Waals surface area contributed by atoms with E-state index in [9.17, 15) is 9.18 Å². The lowest BCUT2D eigenvalue weighted by atomic mass is 10.0. The quantitative estimate of drug-likeness (QED) is 0.745. The van der Waals surface area contributed by atoms with Crippen LogP contribution in [0, 0.1) is 0 Å². The number of nitrogens with two attached hydrogens (primary N) is 2. The van der Waals surface area contributed by atoms with Gasteiger partial charge in [-0.15, -0.1) is 0 Å². The van der Waals surface area contributed by atoms with Crippen LogP contribution in [-0.2, 0) is 4.74 Å². The first-order chi connectivity index (χ1) is 9.23. The highest BCUT2D eigenvalue weighted by molar-refractivity contribution is 5.77. The maximum atomic E-state index is 14.0. The monoisotopic (exact) mass is 286 g/mol. The van der Waals surface area contributed by atoms with Gasteiger partial charge in [0.2, 0.25) is 0 Å². The molecule has 1 rings (SSSR count). The van der Waals surface area contributed by atoms with Gasteiger partial charge in [-0.05, 0) is 27.2 Å². The number of rotatable bonds is 2. The van der Waals surface area contributed by atoms with Gasteiger partial charge in [-0.2, -0.15) is 0 Å². The van der Waals surface area contributed by atoms with Crippen molar-refractivity contribution in [1.82, 2.24) is 4.90 Å². The standard InChI is InChI=1S/C13H23FN4O2/c1-13(2,3)20-12(19)18-5-4-11(10(14)8-18)17-7-9(16)6-15/h6-7,10-11H,4-5,8,15-16H2,1-3H3/b9-6+,17-7?. The largest absolute Gasteiger partial charge is 0.444 e. The number of halogens is 1. The highest BCUT2D eigenvalue weighted by atomic mass is 19.1. The number of allylic oxidation sites excluding steroid dienone is 1. The van der Waals surface area contributed by atoms with E-state index in [1.165, 1.54) is 17.3 Å². The number of carbonyl (C=O) groups excluding carboxylic acids is 1. The molecule has 20 heavy (non-hydrogen) atoms. The van der Waals surface area contributed by atoms with Crippen LogP contribution in [-0.4, -0.2) is 48.1 Å². The third-order valence-corrected chi connectivity index (χ3v) is 2.77. The lowest BCUT2D eigenvalue weighted by molar-refractivity contribution is 0.0117. The van der Waals surface area contributed by atoms with Crippen LogP contribution in [0.25, 0.3) is 0 Å². The van der Waals surface area contributed by atoms with E-state index < -0.39 is 23.9 Å². The summed E-state index contributed by atoms with van der Waals surface area (Å²) in [5.74, 6) is 0. The van der Waals surface area contributed by atoms with Crippen molar-refractivity contribution in [1.29, 1.82) is 0 Å². The Morgan fingerprint density at radius 3 is 2.65 bits per heavy atom. The molecule has 7 heteroatoms. The number of ether oxygens (including phenoxy) is 1. The number of carbonyl (C=O) groups is 1. The zero-order valence-electron chi connectivity index (χ0n) is 12.2. The van der Waals surface area contributed by atoms with Gasteiger partial charge in [0.05, 0.1) is 18.3 Å². The molecule has 0 aromatic heterocycles. The minimum atomic E-state index is -1.24. The Balaban J connectivity index is 2.55. The molecule has 1 amide bonds. The summed E-state index contributed by atoms with van der Waals surface area (Å²) < 4.78 is 19.2. The molecule has 1 aliphatic rings. The fourth-order valence-electron chi connectivity index (χ4n) is 1.78. The van der Waals surface area contributed by atoms with Crippen molar-refractivity contribution in [3.8, 4) is 0 Å². The predicted molar refractivity (Wildman–Crippen MR) is 76.1 cm³/mol. The van der Waals surface area contributed by atoms with Crippen molar-refractivity contribution in [2.75, 3.05) is 13.1 Å².